The second-order valence-corrected chi connectivity index (χ2v) is 15.7. The maximum absolute atomic E-state index is 5.43. The molecule has 2 unspecified atom stereocenters. The first-order chi connectivity index (χ1) is 24.2. The van der Waals surface area contributed by atoms with Gasteiger partial charge < -0.3 is 0 Å². The van der Waals surface area contributed by atoms with Gasteiger partial charge in [0.2, 0.25) is 0 Å². The minimum atomic E-state index is 0. The molecule has 0 saturated carbocycles. The van der Waals surface area contributed by atoms with E-state index in [1.54, 1.807) is 0 Å². The maximum atomic E-state index is 5.43. The SMILES string of the molecule is CC1N(C)N=C([S-])N1c1cc(N=C([Se])N(C)C)cc(NC(=S)N(C)C)c1.CC1N(C)N=C([S-])N1c1cc(N=C([Se])N(C)C)cc(NC(=S)N(C)C)c1.[Au+3]. The van der Waals surface area contributed by atoms with Crippen LogP contribution in [-0.4, -0.2) is 174 Å². The first kappa shape index (κ1) is 46.7. The Bertz CT molecular complexity index is 1630. The van der Waals surface area contributed by atoms with E-state index in [1.165, 1.54) is 0 Å². The van der Waals surface area contributed by atoms with E-state index in [9.17, 15) is 0 Å². The van der Waals surface area contributed by atoms with Crippen LogP contribution in [0.3, 0.4) is 0 Å². The number of anilines is 4. The van der Waals surface area contributed by atoms with Crippen molar-refractivity contribution in [3.8, 4) is 0 Å². The van der Waals surface area contributed by atoms with Crippen molar-refractivity contribution in [2.24, 2.45) is 20.2 Å². The zero-order valence-electron chi connectivity index (χ0n) is 31.7. The second-order valence-electron chi connectivity index (χ2n) is 12.6. The summed E-state index contributed by atoms with van der Waals surface area (Å²) in [4.78, 5) is 20.8. The van der Waals surface area contributed by atoms with E-state index in [2.05, 4.69) is 76.7 Å². The molecule has 4 rings (SSSR count). The van der Waals surface area contributed by atoms with E-state index in [4.69, 9.17) is 49.7 Å². The van der Waals surface area contributed by atoms with Gasteiger partial charge in [0.25, 0.3) is 0 Å². The van der Waals surface area contributed by atoms with Crippen LogP contribution in [0.4, 0.5) is 34.1 Å². The van der Waals surface area contributed by atoms with Crippen molar-refractivity contribution >= 4 is 146 Å². The van der Waals surface area contributed by atoms with Crippen LogP contribution in [0.15, 0.2) is 56.6 Å². The van der Waals surface area contributed by atoms with Gasteiger partial charge >= 0.3 is 372 Å². The van der Waals surface area contributed by atoms with Gasteiger partial charge in [-0.2, -0.15) is 0 Å². The largest absolute Gasteiger partial charge is 3.00 e. The Balaban J connectivity index is 0.000000360. The van der Waals surface area contributed by atoms with Crippen LogP contribution in [0.1, 0.15) is 13.8 Å². The van der Waals surface area contributed by atoms with Crippen molar-refractivity contribution in [1.82, 2.24) is 29.6 Å². The van der Waals surface area contributed by atoms with Gasteiger partial charge in [0.1, 0.15) is 0 Å². The molecule has 2 radical (unpaired) electrons. The molecule has 2 N–H and O–H groups in total. The van der Waals surface area contributed by atoms with Gasteiger partial charge in [-0.15, -0.1) is 0 Å². The van der Waals surface area contributed by atoms with Crippen LogP contribution in [0.5, 0.6) is 0 Å². The predicted octanol–water partition coefficient (Wildman–Crippen LogP) is 3.15. The minimum Gasteiger partial charge on any atom is 3.00 e. The van der Waals surface area contributed by atoms with Gasteiger partial charge in [0, 0.05) is 0 Å². The quantitative estimate of drug-likeness (QED) is 0.146. The molecule has 21 heteroatoms. The number of amidine groups is 4. The summed E-state index contributed by atoms with van der Waals surface area (Å²) in [6, 6.07) is 11.9. The number of rotatable bonds is 6. The number of nitrogens with one attached hydrogen (secondary N) is 2. The topological polar surface area (TPSA) is 99.4 Å². The Morgan fingerprint density at radius 1 is 0.642 bits per heavy atom. The van der Waals surface area contributed by atoms with Crippen molar-refractivity contribution in [3.63, 3.8) is 0 Å². The van der Waals surface area contributed by atoms with Crippen LogP contribution in [0.2, 0.25) is 0 Å². The minimum absolute atomic E-state index is 0. The number of hydrogen-bond donors (Lipinski definition) is 2. The number of thiocarbonyl (C=S) groups is 2. The molecule has 0 amide bonds. The third-order valence-electron chi connectivity index (χ3n) is 7.62. The smallest absolute Gasteiger partial charge is 3.00 e. The van der Waals surface area contributed by atoms with Crippen LogP contribution >= 0.6 is 24.4 Å². The summed E-state index contributed by atoms with van der Waals surface area (Å²) in [6.45, 7) is 4.10. The number of benzene rings is 2. The van der Waals surface area contributed by atoms with Crippen molar-refractivity contribution < 1.29 is 22.4 Å². The molecule has 2 aliphatic rings. The molecule has 2 atom stereocenters. The second kappa shape index (κ2) is 20.4. The van der Waals surface area contributed by atoms with Crippen LogP contribution < -0.4 is 20.4 Å². The van der Waals surface area contributed by atoms with Gasteiger partial charge in [-0.25, -0.2) is 0 Å². The summed E-state index contributed by atoms with van der Waals surface area (Å²) in [5, 5.41) is 21.2. The fourth-order valence-corrected chi connectivity index (χ4v) is 5.92. The Morgan fingerprint density at radius 2 is 0.962 bits per heavy atom. The van der Waals surface area contributed by atoms with Crippen molar-refractivity contribution in [2.45, 2.75) is 26.2 Å². The third-order valence-corrected chi connectivity index (χ3v) is 11.0. The van der Waals surface area contributed by atoms with Crippen LogP contribution in [-0.2, 0) is 47.6 Å². The fourth-order valence-electron chi connectivity index (χ4n) is 4.47. The van der Waals surface area contributed by atoms with E-state index in [0.29, 0.717) is 20.6 Å². The molecule has 290 valence electrons. The van der Waals surface area contributed by atoms with E-state index in [-0.39, 0.29) is 34.7 Å². The van der Waals surface area contributed by atoms with Gasteiger partial charge in [0.05, 0.1) is 0 Å². The van der Waals surface area contributed by atoms with Crippen molar-refractivity contribution in [3.05, 3.63) is 36.4 Å². The Hall–Kier alpha value is -2.48. The van der Waals surface area contributed by atoms with Gasteiger partial charge in [-0.1, -0.05) is 0 Å². The zero-order valence-corrected chi connectivity index (χ0v) is 40.6. The van der Waals surface area contributed by atoms with Crippen LogP contribution in [0, 0.1) is 0 Å². The first-order valence-corrected chi connectivity index (χ1v) is 19.2. The zero-order chi connectivity index (χ0) is 39.2. The molecule has 0 saturated heterocycles. The average molecular weight is 1110 g/mol. The Morgan fingerprint density at radius 3 is 1.21 bits per heavy atom. The summed E-state index contributed by atoms with van der Waals surface area (Å²) in [5.74, 6) is 0. The molecule has 0 bridgehead atoms. The molecule has 0 fully saturated rings. The van der Waals surface area contributed by atoms with Crippen LogP contribution in [0.25, 0.3) is 0 Å². The van der Waals surface area contributed by atoms with Crippen molar-refractivity contribution in [2.75, 3.05) is 90.9 Å². The number of hydrogen-bond acceptors (Lipinski definition) is 12. The monoisotopic (exact) mass is 1110 g/mol. The molecule has 0 aromatic heterocycles. The summed E-state index contributed by atoms with van der Waals surface area (Å²) in [7, 11) is 19.1. The maximum Gasteiger partial charge on any atom is 3.00 e. The molecule has 2 aromatic carbocycles. The van der Waals surface area contributed by atoms with E-state index >= 15 is 0 Å². The Kier molecular flexibility index (Phi) is 18.0. The summed E-state index contributed by atoms with van der Waals surface area (Å²) in [5.41, 5.74) is 5.09. The molecule has 2 aromatic rings. The van der Waals surface area contributed by atoms with E-state index in [1.807, 2.05) is 146 Å². The molecular formula is C32H46AuN14S4Se2+. The molecule has 14 nitrogen and oxygen atoms in total. The Labute approximate surface area is 368 Å². The van der Waals surface area contributed by atoms with E-state index in [0.717, 1.165) is 43.6 Å². The average Bonchev–Trinajstić information content (AvgIpc) is 3.45. The number of nitrogens with zero attached hydrogens (tertiary/aromatic N) is 12. The van der Waals surface area contributed by atoms with Gasteiger partial charge in [-0.05, 0) is 0 Å². The molecule has 0 spiro atoms. The van der Waals surface area contributed by atoms with Crippen molar-refractivity contribution in [1.29, 1.82) is 0 Å². The molecule has 0 aliphatic carbocycles. The molecule has 2 aliphatic heterocycles. The number of hydrazone groups is 2. The first-order valence-electron chi connectivity index (χ1n) is 15.9. The van der Waals surface area contributed by atoms with Gasteiger partial charge in [-0.3, -0.25) is 0 Å². The summed E-state index contributed by atoms with van der Waals surface area (Å²) >= 11 is 27.6. The van der Waals surface area contributed by atoms with E-state index < -0.39 is 0 Å². The molecule has 2 heterocycles. The normalized spacial score (nSPS) is 16.9. The summed E-state index contributed by atoms with van der Waals surface area (Å²) in [6.07, 6.45) is 0.0498. The fraction of sp³-hybridized carbons (Fsp3) is 0.438. The molecular weight excluding hydrogens is 1060 g/mol. The molecule has 53 heavy (non-hydrogen) atoms. The number of aliphatic imine (C=N–C) groups is 2. The summed E-state index contributed by atoms with van der Waals surface area (Å²) < 4.78 is 1.56. The predicted molar refractivity (Wildman–Crippen MR) is 235 cm³/mol. The van der Waals surface area contributed by atoms with Gasteiger partial charge in [0.15, 0.2) is 0 Å². The standard InChI is InChI=1S/2C16H24N7S2Se.Au/c2*1-10-22(6)19-15(25)23(10)13-8-11(17-14(24)20(2)3)7-12(9-13)18-16(26)21(4)5;/h2*7-10H,1-6H3,(H,17,24)(H,19,25);/q;;+3/p-2. The third kappa shape index (κ3) is 12.8.